The van der Waals surface area contributed by atoms with Crippen molar-refractivity contribution in [1.82, 2.24) is 10.2 Å². The van der Waals surface area contributed by atoms with E-state index >= 15 is 0 Å². The number of benzene rings is 4. The first kappa shape index (κ1) is 35.3. The lowest BCUT2D eigenvalue weighted by Crippen LogP contribution is -2.54. The summed E-state index contributed by atoms with van der Waals surface area (Å²) in [6, 6.07) is 27.7. The van der Waals surface area contributed by atoms with Crippen LogP contribution in [0.4, 0.5) is 5.69 Å². The van der Waals surface area contributed by atoms with Gasteiger partial charge >= 0.3 is 0 Å². The molecule has 0 bridgehead atoms. The molecule has 0 aliphatic carbocycles. The van der Waals surface area contributed by atoms with Gasteiger partial charge in [0.1, 0.15) is 24.1 Å². The Balaban J connectivity index is 1.81. The van der Waals surface area contributed by atoms with Crippen LogP contribution in [0.1, 0.15) is 31.4 Å². The standard InChI is InChI=1S/C36H40ClN3O6S/c1-5-26(2)38-36(42)34(23-27-10-7-6-8-11-27)39(24-28-12-9-13-32(22-28)46-4)35(41)25-40(30-16-14-29(37)15-17-30)47(43,44)33-20-18-31(45-3)19-21-33/h6-22,26,34H,5,23-25H2,1-4H3,(H,38,42)/t26-,34-/m1/s1. The Morgan fingerprint density at radius 1 is 0.830 bits per heavy atom. The van der Waals surface area contributed by atoms with Crippen LogP contribution in [0.25, 0.3) is 0 Å². The summed E-state index contributed by atoms with van der Waals surface area (Å²) in [7, 11) is -1.23. The molecule has 4 aromatic carbocycles. The van der Waals surface area contributed by atoms with Crippen LogP contribution in [0.5, 0.6) is 11.5 Å². The summed E-state index contributed by atoms with van der Waals surface area (Å²) in [5.41, 5.74) is 1.80. The van der Waals surface area contributed by atoms with Crippen LogP contribution in [-0.4, -0.2) is 58.0 Å². The number of ether oxygens (including phenoxy) is 2. The predicted molar refractivity (Wildman–Crippen MR) is 184 cm³/mol. The smallest absolute Gasteiger partial charge is 0.264 e. The number of amides is 2. The number of carbonyl (C=O) groups is 2. The van der Waals surface area contributed by atoms with Crippen molar-refractivity contribution >= 4 is 39.1 Å². The van der Waals surface area contributed by atoms with E-state index in [-0.39, 0.29) is 35.5 Å². The van der Waals surface area contributed by atoms with Crippen molar-refractivity contribution in [3.05, 3.63) is 119 Å². The third kappa shape index (κ3) is 9.27. The van der Waals surface area contributed by atoms with E-state index in [9.17, 15) is 18.0 Å². The van der Waals surface area contributed by atoms with E-state index in [1.807, 2.05) is 50.2 Å². The highest BCUT2D eigenvalue weighted by Gasteiger charge is 2.35. The molecule has 2 atom stereocenters. The molecule has 248 valence electrons. The molecule has 0 radical (unpaired) electrons. The lowest BCUT2D eigenvalue weighted by molar-refractivity contribution is -0.140. The van der Waals surface area contributed by atoms with Crippen molar-refractivity contribution in [1.29, 1.82) is 0 Å². The number of sulfonamides is 1. The first-order valence-corrected chi connectivity index (χ1v) is 17.1. The number of anilines is 1. The second kappa shape index (κ2) is 16.3. The van der Waals surface area contributed by atoms with Gasteiger partial charge in [-0.25, -0.2) is 8.42 Å². The maximum absolute atomic E-state index is 14.6. The molecule has 4 aromatic rings. The van der Waals surface area contributed by atoms with Gasteiger partial charge < -0.3 is 19.7 Å². The van der Waals surface area contributed by atoms with Crippen molar-refractivity contribution in [3.8, 4) is 11.5 Å². The number of methoxy groups -OCH3 is 2. The average molecular weight is 678 g/mol. The average Bonchev–Trinajstić information content (AvgIpc) is 3.09. The zero-order valence-corrected chi connectivity index (χ0v) is 28.5. The molecule has 1 N–H and O–H groups in total. The molecular formula is C36H40ClN3O6S. The second-order valence-electron chi connectivity index (χ2n) is 11.1. The Hall–Kier alpha value is -4.54. The van der Waals surface area contributed by atoms with Gasteiger partial charge in [-0.05, 0) is 85.1 Å². The Bertz CT molecular complexity index is 1740. The summed E-state index contributed by atoms with van der Waals surface area (Å²) in [5.74, 6) is 0.164. The molecule has 0 heterocycles. The van der Waals surface area contributed by atoms with E-state index in [0.29, 0.717) is 28.5 Å². The Morgan fingerprint density at radius 2 is 1.47 bits per heavy atom. The van der Waals surface area contributed by atoms with Crippen LogP contribution in [0.3, 0.4) is 0 Å². The number of nitrogens with zero attached hydrogens (tertiary/aromatic N) is 2. The number of rotatable bonds is 15. The summed E-state index contributed by atoms with van der Waals surface area (Å²) in [5, 5.41) is 3.44. The van der Waals surface area contributed by atoms with Gasteiger partial charge in [0.05, 0.1) is 24.8 Å². The Morgan fingerprint density at radius 3 is 2.09 bits per heavy atom. The second-order valence-corrected chi connectivity index (χ2v) is 13.4. The predicted octanol–water partition coefficient (Wildman–Crippen LogP) is 6.11. The highest BCUT2D eigenvalue weighted by atomic mass is 35.5. The molecule has 0 aliphatic rings. The minimum Gasteiger partial charge on any atom is -0.497 e. The fraction of sp³-hybridized carbons (Fsp3) is 0.278. The first-order chi connectivity index (χ1) is 22.5. The highest BCUT2D eigenvalue weighted by Crippen LogP contribution is 2.28. The number of hydrogen-bond acceptors (Lipinski definition) is 6. The molecule has 9 nitrogen and oxygen atoms in total. The number of hydrogen-bond donors (Lipinski definition) is 1. The van der Waals surface area contributed by atoms with Gasteiger partial charge in [0.2, 0.25) is 11.8 Å². The number of carbonyl (C=O) groups excluding carboxylic acids is 2. The minimum atomic E-state index is -4.27. The van der Waals surface area contributed by atoms with Gasteiger partial charge in [-0.2, -0.15) is 0 Å². The van der Waals surface area contributed by atoms with Crippen LogP contribution in [0, 0.1) is 0 Å². The van der Waals surface area contributed by atoms with Crippen molar-refractivity contribution in [3.63, 3.8) is 0 Å². The third-order valence-corrected chi connectivity index (χ3v) is 9.84. The maximum Gasteiger partial charge on any atom is 0.264 e. The normalized spacial score (nSPS) is 12.4. The third-order valence-electron chi connectivity index (χ3n) is 7.80. The summed E-state index contributed by atoms with van der Waals surface area (Å²) < 4.78 is 40.0. The molecule has 0 fully saturated rings. The molecule has 0 aromatic heterocycles. The van der Waals surface area contributed by atoms with E-state index in [4.69, 9.17) is 21.1 Å². The summed E-state index contributed by atoms with van der Waals surface area (Å²) in [6.45, 7) is 3.31. The van der Waals surface area contributed by atoms with Gasteiger partial charge in [-0.3, -0.25) is 13.9 Å². The lowest BCUT2D eigenvalue weighted by Gasteiger charge is -2.34. The van der Waals surface area contributed by atoms with Crippen LogP contribution in [-0.2, 0) is 32.6 Å². The molecule has 0 unspecified atom stereocenters. The molecule has 0 aliphatic heterocycles. The number of halogens is 1. The van der Waals surface area contributed by atoms with Gasteiger partial charge in [-0.15, -0.1) is 0 Å². The largest absolute Gasteiger partial charge is 0.497 e. The van der Waals surface area contributed by atoms with Crippen LogP contribution >= 0.6 is 11.6 Å². The van der Waals surface area contributed by atoms with Crippen LogP contribution < -0.4 is 19.1 Å². The zero-order chi connectivity index (χ0) is 34.0. The van der Waals surface area contributed by atoms with E-state index < -0.39 is 28.5 Å². The highest BCUT2D eigenvalue weighted by molar-refractivity contribution is 7.92. The first-order valence-electron chi connectivity index (χ1n) is 15.2. The molecule has 47 heavy (non-hydrogen) atoms. The molecule has 11 heteroatoms. The monoisotopic (exact) mass is 677 g/mol. The molecule has 0 spiro atoms. The number of nitrogens with one attached hydrogen (secondary N) is 1. The minimum absolute atomic E-state index is 0.0263. The van der Waals surface area contributed by atoms with Crippen LogP contribution in [0.15, 0.2) is 108 Å². The summed E-state index contributed by atoms with van der Waals surface area (Å²) in [4.78, 5) is 30.0. The van der Waals surface area contributed by atoms with E-state index in [1.54, 1.807) is 61.7 Å². The van der Waals surface area contributed by atoms with Crippen molar-refractivity contribution in [2.24, 2.45) is 0 Å². The molecule has 4 rings (SSSR count). The van der Waals surface area contributed by atoms with Gasteiger partial charge in [0.15, 0.2) is 0 Å². The van der Waals surface area contributed by atoms with Crippen molar-refractivity contribution < 1.29 is 27.5 Å². The van der Waals surface area contributed by atoms with Crippen LogP contribution in [0.2, 0.25) is 5.02 Å². The Labute approximate surface area is 282 Å². The van der Waals surface area contributed by atoms with Gasteiger partial charge in [-0.1, -0.05) is 61.0 Å². The fourth-order valence-corrected chi connectivity index (χ4v) is 6.51. The quantitative estimate of drug-likeness (QED) is 0.163. The van der Waals surface area contributed by atoms with E-state index in [0.717, 1.165) is 9.87 Å². The van der Waals surface area contributed by atoms with E-state index in [2.05, 4.69) is 5.32 Å². The topological polar surface area (TPSA) is 105 Å². The molecule has 0 saturated heterocycles. The maximum atomic E-state index is 14.6. The Kier molecular flexibility index (Phi) is 12.3. The molecular weight excluding hydrogens is 638 g/mol. The SMILES string of the molecule is CC[C@@H](C)NC(=O)[C@@H](Cc1ccccc1)N(Cc1cccc(OC)c1)C(=O)CN(c1ccc(Cl)cc1)S(=O)(=O)c1ccc(OC)cc1. The van der Waals surface area contributed by atoms with E-state index in [1.165, 1.54) is 24.1 Å². The van der Waals surface area contributed by atoms with Crippen molar-refractivity contribution in [2.75, 3.05) is 25.1 Å². The van der Waals surface area contributed by atoms with Crippen molar-refractivity contribution in [2.45, 2.75) is 50.2 Å². The lowest BCUT2D eigenvalue weighted by atomic mass is 10.0. The molecule has 2 amide bonds. The summed E-state index contributed by atoms with van der Waals surface area (Å²) >= 11 is 6.15. The molecule has 0 saturated carbocycles. The zero-order valence-electron chi connectivity index (χ0n) is 26.9. The van der Waals surface area contributed by atoms with Gasteiger partial charge in [0, 0.05) is 24.0 Å². The summed E-state index contributed by atoms with van der Waals surface area (Å²) in [6.07, 6.45) is 0.906. The fourth-order valence-electron chi connectivity index (χ4n) is 4.97. The van der Waals surface area contributed by atoms with Gasteiger partial charge in [0.25, 0.3) is 10.0 Å².